The number of nitrogens with zero attached hydrogens (tertiary/aromatic N) is 3. The summed E-state index contributed by atoms with van der Waals surface area (Å²) in [6.45, 7) is 2.36. The molecule has 0 atom stereocenters. The molecule has 0 aliphatic carbocycles. The van der Waals surface area contributed by atoms with Gasteiger partial charge in [0.25, 0.3) is 5.91 Å². The maximum Gasteiger partial charge on any atom is 0.267 e. The number of nitrogens with one attached hydrogen (secondary N) is 1. The molecule has 30 heavy (non-hydrogen) atoms. The number of carbonyl (C=O) groups excluding carboxylic acids is 2. The van der Waals surface area contributed by atoms with Crippen LogP contribution in [0.5, 0.6) is 0 Å². The summed E-state index contributed by atoms with van der Waals surface area (Å²) in [7, 11) is 0. The van der Waals surface area contributed by atoms with Gasteiger partial charge in [0.05, 0.1) is 29.2 Å². The average Bonchev–Trinajstić information content (AvgIpc) is 3.35. The van der Waals surface area contributed by atoms with E-state index in [4.69, 9.17) is 28.9 Å². The topological polar surface area (TPSA) is 103 Å². The van der Waals surface area contributed by atoms with Gasteiger partial charge in [0.1, 0.15) is 4.83 Å². The first-order valence-electron chi connectivity index (χ1n) is 8.75. The number of thiophene rings is 1. The van der Waals surface area contributed by atoms with Crippen molar-refractivity contribution in [2.24, 2.45) is 5.73 Å². The van der Waals surface area contributed by atoms with Crippen LogP contribution in [-0.4, -0.2) is 26.6 Å². The Morgan fingerprint density at radius 2 is 2.07 bits per heavy atom. The molecule has 1 aromatic carbocycles. The zero-order chi connectivity index (χ0) is 21.4. The van der Waals surface area contributed by atoms with Gasteiger partial charge in [0, 0.05) is 20.8 Å². The number of anilines is 1. The molecule has 0 saturated carbocycles. The number of rotatable bonds is 6. The van der Waals surface area contributed by atoms with Crippen molar-refractivity contribution in [3.63, 3.8) is 0 Å². The lowest BCUT2D eigenvalue weighted by Crippen LogP contribution is -2.14. The van der Waals surface area contributed by atoms with Crippen molar-refractivity contribution in [3.8, 4) is 0 Å². The summed E-state index contributed by atoms with van der Waals surface area (Å²) in [4.78, 5) is 29.3. The molecule has 4 aromatic rings. The Hall–Kier alpha value is -2.46. The van der Waals surface area contributed by atoms with Gasteiger partial charge >= 0.3 is 0 Å². The minimum atomic E-state index is -0.469. The number of benzene rings is 1. The Morgan fingerprint density at radius 3 is 2.80 bits per heavy atom. The molecule has 4 rings (SSSR count). The van der Waals surface area contributed by atoms with Crippen LogP contribution in [0.25, 0.3) is 10.2 Å². The van der Waals surface area contributed by atoms with Crippen LogP contribution < -0.4 is 11.1 Å². The van der Waals surface area contributed by atoms with Crippen LogP contribution in [0.3, 0.4) is 0 Å². The Kier molecular flexibility index (Phi) is 5.79. The third-order valence-electron chi connectivity index (χ3n) is 4.29. The van der Waals surface area contributed by atoms with Gasteiger partial charge in [-0.2, -0.15) is 5.10 Å². The lowest BCUT2D eigenvalue weighted by Gasteiger charge is -2.06. The highest BCUT2D eigenvalue weighted by Crippen LogP contribution is 2.31. The quantitative estimate of drug-likeness (QED) is 0.424. The van der Waals surface area contributed by atoms with Crippen molar-refractivity contribution in [1.29, 1.82) is 0 Å². The molecule has 0 unspecified atom stereocenters. The summed E-state index contributed by atoms with van der Waals surface area (Å²) < 4.78 is 1.83. The van der Waals surface area contributed by atoms with Crippen LogP contribution in [0.4, 0.5) is 5.13 Å². The molecule has 0 aliphatic rings. The largest absolute Gasteiger partial charge is 0.369 e. The van der Waals surface area contributed by atoms with E-state index in [0.29, 0.717) is 32.3 Å². The van der Waals surface area contributed by atoms with E-state index in [1.807, 2.05) is 23.7 Å². The van der Waals surface area contributed by atoms with Gasteiger partial charge in [-0.1, -0.05) is 29.3 Å². The number of hydrogen-bond acceptors (Lipinski definition) is 6. The highest BCUT2D eigenvalue weighted by atomic mass is 35.5. The molecule has 11 heteroatoms. The third kappa shape index (κ3) is 4.34. The fourth-order valence-corrected chi connectivity index (χ4v) is 5.16. The first-order chi connectivity index (χ1) is 14.3. The predicted octanol–water partition coefficient (Wildman–Crippen LogP) is 4.50. The van der Waals surface area contributed by atoms with E-state index in [9.17, 15) is 9.59 Å². The maximum absolute atomic E-state index is 12.7. The number of aromatic nitrogens is 3. The first kappa shape index (κ1) is 20.8. The van der Waals surface area contributed by atoms with E-state index in [1.54, 1.807) is 17.5 Å². The minimum absolute atomic E-state index is 0.0392. The average molecular weight is 480 g/mol. The summed E-state index contributed by atoms with van der Waals surface area (Å²) in [6.07, 6.45) is 0.0392. The van der Waals surface area contributed by atoms with Crippen LogP contribution in [0.1, 0.15) is 26.6 Å². The molecule has 0 radical (unpaired) electrons. The number of nitrogens with two attached hydrogens (primary N) is 1. The Balaban J connectivity index is 1.57. The number of halogens is 2. The number of hydrogen-bond donors (Lipinski definition) is 2. The summed E-state index contributed by atoms with van der Waals surface area (Å²) in [5.74, 6) is -0.741. The number of primary amides is 1. The predicted molar refractivity (Wildman–Crippen MR) is 121 cm³/mol. The standard InChI is InChI=1S/C19H15Cl2N5O2S2/c1-9-13-6-15(17(28)24-19-23-12(8-29-19)5-16(22)27)30-18(13)26(25-9)7-10-2-3-11(20)4-14(10)21/h2-4,6,8H,5,7H2,1H3,(H2,22,27)(H,23,24,28). The monoisotopic (exact) mass is 479 g/mol. The second-order valence-electron chi connectivity index (χ2n) is 6.55. The number of aryl methyl sites for hydroxylation is 1. The lowest BCUT2D eigenvalue weighted by molar-refractivity contribution is -0.117. The normalized spacial score (nSPS) is 11.2. The molecular formula is C19H15Cl2N5O2S2. The van der Waals surface area contributed by atoms with Crippen molar-refractivity contribution >= 4 is 73.0 Å². The van der Waals surface area contributed by atoms with Crippen molar-refractivity contribution < 1.29 is 9.59 Å². The molecule has 0 aliphatic heterocycles. The SMILES string of the molecule is Cc1nn(Cc2ccc(Cl)cc2Cl)c2sc(C(=O)Nc3nc(CC(N)=O)cs3)cc12. The molecule has 0 fully saturated rings. The lowest BCUT2D eigenvalue weighted by atomic mass is 10.2. The van der Waals surface area contributed by atoms with Gasteiger partial charge in [-0.15, -0.1) is 22.7 Å². The summed E-state index contributed by atoms with van der Waals surface area (Å²) in [5.41, 5.74) is 7.41. The zero-order valence-electron chi connectivity index (χ0n) is 15.6. The first-order valence-corrected chi connectivity index (χ1v) is 11.2. The highest BCUT2D eigenvalue weighted by Gasteiger charge is 2.18. The van der Waals surface area contributed by atoms with Crippen LogP contribution >= 0.6 is 45.9 Å². The van der Waals surface area contributed by atoms with Crippen LogP contribution in [0, 0.1) is 6.92 Å². The number of carbonyl (C=O) groups is 2. The minimum Gasteiger partial charge on any atom is -0.369 e. The number of fused-ring (bicyclic) bond motifs is 1. The molecule has 0 bridgehead atoms. The molecule has 2 amide bonds. The number of amides is 2. The second-order valence-corrected chi connectivity index (χ2v) is 9.28. The van der Waals surface area contributed by atoms with E-state index in [0.717, 1.165) is 21.5 Å². The Bertz CT molecular complexity index is 1280. The molecular weight excluding hydrogens is 465 g/mol. The fourth-order valence-electron chi connectivity index (χ4n) is 2.93. The van der Waals surface area contributed by atoms with Crippen molar-refractivity contribution in [1.82, 2.24) is 14.8 Å². The van der Waals surface area contributed by atoms with Gasteiger partial charge in [-0.3, -0.25) is 19.6 Å². The van der Waals surface area contributed by atoms with Gasteiger partial charge in [-0.05, 0) is 30.7 Å². The summed E-state index contributed by atoms with van der Waals surface area (Å²) in [5, 5.41) is 11.5. The molecule has 0 spiro atoms. The van der Waals surface area contributed by atoms with E-state index >= 15 is 0 Å². The second kappa shape index (κ2) is 8.35. The number of thiazole rings is 1. The molecule has 0 saturated heterocycles. The molecule has 3 heterocycles. The van der Waals surface area contributed by atoms with Crippen LogP contribution in [-0.2, 0) is 17.8 Å². The Morgan fingerprint density at radius 1 is 1.27 bits per heavy atom. The van der Waals surface area contributed by atoms with Gasteiger partial charge in [-0.25, -0.2) is 4.98 Å². The van der Waals surface area contributed by atoms with Crippen LogP contribution in [0.15, 0.2) is 29.6 Å². The van der Waals surface area contributed by atoms with E-state index < -0.39 is 5.91 Å². The van der Waals surface area contributed by atoms with Crippen LogP contribution in [0.2, 0.25) is 10.0 Å². The summed E-state index contributed by atoms with van der Waals surface area (Å²) in [6, 6.07) is 7.15. The maximum atomic E-state index is 12.7. The van der Waals surface area contributed by atoms with Crippen molar-refractivity contribution in [3.05, 3.63) is 61.5 Å². The third-order valence-corrected chi connectivity index (χ3v) is 6.83. The van der Waals surface area contributed by atoms with Crippen molar-refractivity contribution in [2.75, 3.05) is 5.32 Å². The fraction of sp³-hybridized carbons (Fsp3) is 0.158. The van der Waals surface area contributed by atoms with E-state index in [1.165, 1.54) is 22.7 Å². The van der Waals surface area contributed by atoms with Crippen molar-refractivity contribution in [2.45, 2.75) is 19.9 Å². The molecule has 154 valence electrons. The highest BCUT2D eigenvalue weighted by molar-refractivity contribution is 7.20. The molecule has 3 N–H and O–H groups in total. The molecule has 7 nitrogen and oxygen atoms in total. The molecule has 3 aromatic heterocycles. The van der Waals surface area contributed by atoms with Gasteiger partial charge in [0.2, 0.25) is 5.91 Å². The van der Waals surface area contributed by atoms with Gasteiger partial charge in [0.15, 0.2) is 5.13 Å². The van der Waals surface area contributed by atoms with E-state index in [2.05, 4.69) is 15.4 Å². The zero-order valence-corrected chi connectivity index (χ0v) is 18.8. The Labute approximate surface area is 189 Å². The van der Waals surface area contributed by atoms with E-state index in [-0.39, 0.29) is 12.3 Å². The van der Waals surface area contributed by atoms with Gasteiger partial charge < -0.3 is 5.73 Å². The summed E-state index contributed by atoms with van der Waals surface area (Å²) >= 11 is 14.9. The smallest absolute Gasteiger partial charge is 0.267 e.